The van der Waals surface area contributed by atoms with Gasteiger partial charge in [-0.2, -0.15) is 0 Å². The summed E-state index contributed by atoms with van der Waals surface area (Å²) in [6, 6.07) is 20.5. The molecule has 0 bridgehead atoms. The van der Waals surface area contributed by atoms with Crippen molar-refractivity contribution in [2.45, 2.75) is 25.4 Å². The van der Waals surface area contributed by atoms with Gasteiger partial charge in [-0.15, -0.1) is 10.2 Å². The molecule has 0 aliphatic rings. The Morgan fingerprint density at radius 2 is 1.65 bits per heavy atom. The fourth-order valence-corrected chi connectivity index (χ4v) is 4.24. The number of aromatic nitrogens is 4. The number of nitrogens with zero attached hydrogens (tertiary/aromatic N) is 4. The third kappa shape index (κ3) is 5.77. The fraction of sp³-hybridized carbons (Fsp3) is 0.192. The molecule has 2 aromatic carbocycles. The van der Waals surface area contributed by atoms with E-state index in [2.05, 4.69) is 20.5 Å². The number of nitrogens with one attached hydrogen (secondary N) is 1. The molecule has 0 spiro atoms. The highest BCUT2D eigenvalue weighted by Crippen LogP contribution is 2.28. The van der Waals surface area contributed by atoms with Crippen molar-refractivity contribution in [3.8, 4) is 17.1 Å². The third-order valence-corrected chi connectivity index (χ3v) is 5.93. The van der Waals surface area contributed by atoms with Crippen molar-refractivity contribution < 1.29 is 9.59 Å². The maximum Gasteiger partial charge on any atom is 0.224 e. The van der Waals surface area contributed by atoms with Gasteiger partial charge in [0.2, 0.25) is 5.91 Å². The summed E-state index contributed by atoms with van der Waals surface area (Å²) in [7, 11) is 0. The summed E-state index contributed by atoms with van der Waals surface area (Å²) in [5.41, 5.74) is 3.06. The highest BCUT2D eigenvalue weighted by molar-refractivity contribution is 7.99. The van der Waals surface area contributed by atoms with Gasteiger partial charge in [-0.3, -0.25) is 19.1 Å². The number of carbonyl (C=O) groups excluding carboxylic acids is 2. The van der Waals surface area contributed by atoms with Crippen molar-refractivity contribution in [3.05, 3.63) is 84.7 Å². The van der Waals surface area contributed by atoms with Crippen molar-refractivity contribution in [1.82, 2.24) is 19.7 Å². The van der Waals surface area contributed by atoms with Crippen LogP contribution in [0.2, 0.25) is 0 Å². The molecule has 0 aliphatic carbocycles. The zero-order valence-corrected chi connectivity index (χ0v) is 19.8. The summed E-state index contributed by atoms with van der Waals surface area (Å²) in [5.74, 6) is 1.12. The number of para-hydroxylation sites is 1. The lowest BCUT2D eigenvalue weighted by atomic mass is 10.1. The van der Waals surface area contributed by atoms with Gasteiger partial charge in [0.05, 0.1) is 5.75 Å². The Balaban J connectivity index is 1.49. The quantitative estimate of drug-likeness (QED) is 0.264. The molecule has 0 saturated carbocycles. The van der Waals surface area contributed by atoms with Crippen LogP contribution in [0.5, 0.6) is 0 Å². The van der Waals surface area contributed by atoms with Gasteiger partial charge in [0.25, 0.3) is 0 Å². The largest absolute Gasteiger partial charge is 0.326 e. The molecule has 4 rings (SSSR count). The molecular formula is C26H25N5O2S. The molecule has 1 N–H and O–H groups in total. The SMILES string of the molecule is CC(C)CC(=O)Nc1ccc(C(=O)CSc2nnc(-c3ccncc3)n2-c2ccccc2)cc1. The first-order chi connectivity index (χ1) is 16.5. The molecule has 7 nitrogen and oxygen atoms in total. The average molecular weight is 472 g/mol. The summed E-state index contributed by atoms with van der Waals surface area (Å²) in [5, 5.41) is 12.2. The van der Waals surface area contributed by atoms with Gasteiger partial charge in [-0.05, 0) is 54.4 Å². The lowest BCUT2D eigenvalue weighted by Crippen LogP contribution is -2.14. The Kier molecular flexibility index (Phi) is 7.49. The molecule has 1 amide bonds. The van der Waals surface area contributed by atoms with Gasteiger partial charge >= 0.3 is 0 Å². The number of anilines is 1. The van der Waals surface area contributed by atoms with Crippen LogP contribution in [0.15, 0.2) is 84.3 Å². The monoisotopic (exact) mass is 471 g/mol. The zero-order valence-electron chi connectivity index (χ0n) is 19.0. The lowest BCUT2D eigenvalue weighted by molar-refractivity contribution is -0.116. The minimum absolute atomic E-state index is 0.0295. The summed E-state index contributed by atoms with van der Waals surface area (Å²) >= 11 is 1.34. The Labute approximate surface area is 202 Å². The van der Waals surface area contributed by atoms with Crippen LogP contribution in [0.1, 0.15) is 30.6 Å². The van der Waals surface area contributed by atoms with Gasteiger partial charge in [-0.25, -0.2) is 0 Å². The van der Waals surface area contributed by atoms with E-state index in [1.165, 1.54) is 11.8 Å². The predicted octanol–water partition coefficient (Wildman–Crippen LogP) is 5.29. The fourth-order valence-electron chi connectivity index (χ4n) is 3.40. The number of pyridine rings is 1. The Bertz CT molecular complexity index is 1260. The van der Waals surface area contributed by atoms with E-state index < -0.39 is 0 Å². The van der Waals surface area contributed by atoms with E-state index in [4.69, 9.17) is 0 Å². The third-order valence-electron chi connectivity index (χ3n) is 5.00. The molecule has 0 unspecified atom stereocenters. The molecule has 4 aromatic rings. The van der Waals surface area contributed by atoms with Gasteiger partial charge < -0.3 is 5.32 Å². The van der Waals surface area contributed by atoms with Crippen molar-refractivity contribution in [3.63, 3.8) is 0 Å². The molecule has 172 valence electrons. The smallest absolute Gasteiger partial charge is 0.224 e. The van der Waals surface area contributed by atoms with Crippen LogP contribution < -0.4 is 5.32 Å². The Morgan fingerprint density at radius 1 is 0.941 bits per heavy atom. The number of ketones is 1. The van der Waals surface area contributed by atoms with Crippen molar-refractivity contribution in [2.75, 3.05) is 11.1 Å². The van der Waals surface area contributed by atoms with Gasteiger partial charge in [0, 0.05) is 41.3 Å². The summed E-state index contributed by atoms with van der Waals surface area (Å²) in [6.07, 6.45) is 3.89. The summed E-state index contributed by atoms with van der Waals surface area (Å²) < 4.78 is 1.95. The molecular weight excluding hydrogens is 446 g/mol. The molecule has 0 aliphatic heterocycles. The first kappa shape index (κ1) is 23.4. The van der Waals surface area contributed by atoms with Gasteiger partial charge in [0.15, 0.2) is 16.8 Å². The van der Waals surface area contributed by atoms with E-state index in [0.717, 1.165) is 11.3 Å². The van der Waals surface area contributed by atoms with E-state index in [-0.39, 0.29) is 23.4 Å². The van der Waals surface area contributed by atoms with Crippen molar-refractivity contribution in [2.24, 2.45) is 5.92 Å². The van der Waals surface area contributed by atoms with E-state index in [0.29, 0.717) is 28.7 Å². The second-order valence-corrected chi connectivity index (χ2v) is 9.09. The standard InChI is InChI=1S/C26H25N5O2S/c1-18(2)16-24(33)28-21-10-8-19(9-11-21)23(32)17-34-26-30-29-25(20-12-14-27-15-13-20)31(26)22-6-4-3-5-7-22/h3-15,18H,16-17H2,1-2H3,(H,28,33). The summed E-state index contributed by atoms with van der Waals surface area (Å²) in [6.45, 7) is 4.00. The number of Topliss-reactive ketones (excluding diaryl/α,β-unsaturated/α-hetero) is 1. The minimum atomic E-state index is -0.0325. The molecule has 2 aromatic heterocycles. The summed E-state index contributed by atoms with van der Waals surface area (Å²) in [4.78, 5) is 28.9. The predicted molar refractivity (Wildman–Crippen MR) is 134 cm³/mol. The molecule has 0 saturated heterocycles. The van der Waals surface area contributed by atoms with Crippen LogP contribution in [0, 0.1) is 5.92 Å². The number of rotatable bonds is 9. The molecule has 34 heavy (non-hydrogen) atoms. The number of hydrogen-bond donors (Lipinski definition) is 1. The molecule has 0 radical (unpaired) electrons. The molecule has 0 atom stereocenters. The van der Waals surface area contributed by atoms with Crippen LogP contribution in [-0.4, -0.2) is 37.2 Å². The Morgan fingerprint density at radius 3 is 2.32 bits per heavy atom. The first-order valence-electron chi connectivity index (χ1n) is 11.0. The van der Waals surface area contributed by atoms with Crippen molar-refractivity contribution in [1.29, 1.82) is 0 Å². The Hall–Kier alpha value is -3.78. The van der Waals surface area contributed by atoms with Crippen LogP contribution in [0.3, 0.4) is 0 Å². The van der Waals surface area contributed by atoms with Crippen molar-refractivity contribution >= 4 is 29.1 Å². The van der Waals surface area contributed by atoms with Crippen LogP contribution >= 0.6 is 11.8 Å². The number of carbonyl (C=O) groups is 2. The van der Waals surface area contributed by atoms with E-state index in [9.17, 15) is 9.59 Å². The number of amides is 1. The average Bonchev–Trinajstić information content (AvgIpc) is 3.27. The number of thioether (sulfide) groups is 1. The van der Waals surface area contributed by atoms with E-state index >= 15 is 0 Å². The van der Waals surface area contributed by atoms with E-state index in [1.807, 2.05) is 60.9 Å². The minimum Gasteiger partial charge on any atom is -0.326 e. The highest BCUT2D eigenvalue weighted by atomic mass is 32.2. The maximum absolute atomic E-state index is 12.8. The van der Waals surface area contributed by atoms with Gasteiger partial charge in [0.1, 0.15) is 0 Å². The molecule has 0 fully saturated rings. The number of hydrogen-bond acceptors (Lipinski definition) is 6. The van der Waals surface area contributed by atoms with Crippen LogP contribution in [-0.2, 0) is 4.79 Å². The normalized spacial score (nSPS) is 10.9. The number of benzene rings is 2. The second-order valence-electron chi connectivity index (χ2n) is 8.15. The van der Waals surface area contributed by atoms with Crippen LogP contribution in [0.4, 0.5) is 5.69 Å². The zero-order chi connectivity index (χ0) is 23.9. The van der Waals surface area contributed by atoms with Gasteiger partial charge in [-0.1, -0.05) is 43.8 Å². The lowest BCUT2D eigenvalue weighted by Gasteiger charge is -2.10. The first-order valence-corrected chi connectivity index (χ1v) is 12.0. The topological polar surface area (TPSA) is 89.8 Å². The second kappa shape index (κ2) is 10.9. The van der Waals surface area contributed by atoms with E-state index in [1.54, 1.807) is 36.7 Å². The van der Waals surface area contributed by atoms with Crippen LogP contribution in [0.25, 0.3) is 17.1 Å². The maximum atomic E-state index is 12.8. The molecule has 8 heteroatoms. The molecule has 2 heterocycles. The highest BCUT2D eigenvalue weighted by Gasteiger charge is 2.18.